The molecule has 0 aromatic rings. The molecule has 36 heavy (non-hydrogen) atoms. The summed E-state index contributed by atoms with van der Waals surface area (Å²) in [6.45, 7) is 1.98. The van der Waals surface area contributed by atoms with Crippen LogP contribution in [0.1, 0.15) is 84.0 Å². The molecule has 4 fully saturated rings. The second kappa shape index (κ2) is 12.7. The highest BCUT2D eigenvalue weighted by Crippen LogP contribution is 2.50. The van der Waals surface area contributed by atoms with Crippen molar-refractivity contribution in [1.29, 1.82) is 0 Å². The van der Waals surface area contributed by atoms with Crippen molar-refractivity contribution >= 4 is 11.7 Å². The number of amides is 1. The second-order valence-corrected chi connectivity index (χ2v) is 12.2. The topological polar surface area (TPSA) is 94.1 Å². The van der Waals surface area contributed by atoms with Crippen LogP contribution in [0, 0.1) is 35.5 Å². The van der Waals surface area contributed by atoms with Gasteiger partial charge in [-0.2, -0.15) is 0 Å². The number of methoxy groups -OCH3 is 3. The van der Waals surface area contributed by atoms with Gasteiger partial charge in [0.15, 0.2) is 5.78 Å². The van der Waals surface area contributed by atoms with Crippen molar-refractivity contribution in [2.75, 3.05) is 21.3 Å². The molecule has 0 bridgehead atoms. The van der Waals surface area contributed by atoms with E-state index in [1.165, 1.54) is 0 Å². The van der Waals surface area contributed by atoms with E-state index in [2.05, 4.69) is 5.32 Å². The summed E-state index contributed by atoms with van der Waals surface area (Å²) >= 11 is 0. The highest BCUT2D eigenvalue weighted by atomic mass is 16.6. The van der Waals surface area contributed by atoms with Gasteiger partial charge in [-0.05, 0) is 93.8 Å². The average Bonchev–Trinajstić information content (AvgIpc) is 3.13. The molecule has 4 saturated carbocycles. The van der Waals surface area contributed by atoms with Crippen LogP contribution in [0.3, 0.4) is 0 Å². The number of aliphatic hydroxyl groups is 1. The Balaban J connectivity index is 1.42. The lowest BCUT2D eigenvalue weighted by Gasteiger charge is -2.48. The Labute approximate surface area is 217 Å². The lowest BCUT2D eigenvalue weighted by Crippen LogP contribution is -2.55. The number of hydrogen-bond acceptors (Lipinski definition) is 6. The quantitative estimate of drug-likeness (QED) is 0.543. The third kappa shape index (κ3) is 6.16. The molecule has 4 aliphatic carbocycles. The molecule has 0 spiro atoms. The zero-order chi connectivity index (χ0) is 25.8. The van der Waals surface area contributed by atoms with E-state index >= 15 is 0 Å². The number of nitrogens with one attached hydrogen (secondary N) is 1. The van der Waals surface area contributed by atoms with E-state index in [-0.39, 0.29) is 48.1 Å². The van der Waals surface area contributed by atoms with E-state index in [4.69, 9.17) is 14.2 Å². The van der Waals surface area contributed by atoms with Gasteiger partial charge in [-0.1, -0.05) is 13.3 Å². The number of Topliss-reactive ketones (excluding diaryl/α,β-unsaturated/α-hetero) is 1. The van der Waals surface area contributed by atoms with Gasteiger partial charge in [-0.15, -0.1) is 0 Å². The van der Waals surface area contributed by atoms with Crippen molar-refractivity contribution in [3.63, 3.8) is 0 Å². The molecule has 9 atom stereocenters. The summed E-state index contributed by atoms with van der Waals surface area (Å²) in [7, 11) is 5.29. The van der Waals surface area contributed by atoms with Crippen LogP contribution < -0.4 is 5.32 Å². The SMILES string of the molecule is COC1CC2CCCC3CC(=O)C(NC(=O)C(C)CC4CCC(O)CC4)CCC3C2C(OC)C1OC. The largest absolute Gasteiger partial charge is 0.393 e. The van der Waals surface area contributed by atoms with Gasteiger partial charge in [0, 0.05) is 33.7 Å². The van der Waals surface area contributed by atoms with Crippen LogP contribution in [0.4, 0.5) is 0 Å². The summed E-state index contributed by atoms with van der Waals surface area (Å²) < 4.78 is 17.8. The van der Waals surface area contributed by atoms with Gasteiger partial charge < -0.3 is 24.6 Å². The van der Waals surface area contributed by atoms with Crippen molar-refractivity contribution in [2.45, 2.75) is 114 Å². The molecule has 7 nitrogen and oxygen atoms in total. The Hall–Kier alpha value is -1.02. The third-order valence-corrected chi connectivity index (χ3v) is 10.2. The number of rotatable bonds is 7. The van der Waals surface area contributed by atoms with Gasteiger partial charge in [0.05, 0.1) is 24.4 Å². The summed E-state index contributed by atoms with van der Waals surface area (Å²) in [6, 6.07) is -0.381. The minimum Gasteiger partial charge on any atom is -0.393 e. The molecule has 7 heteroatoms. The first kappa shape index (κ1) is 28.0. The first-order valence-corrected chi connectivity index (χ1v) is 14.5. The van der Waals surface area contributed by atoms with E-state index in [9.17, 15) is 14.7 Å². The minimum atomic E-state index is -0.381. The molecular formula is C29H49NO6. The average molecular weight is 508 g/mol. The van der Waals surface area contributed by atoms with Crippen molar-refractivity contribution in [3.05, 3.63) is 0 Å². The molecule has 0 saturated heterocycles. The fourth-order valence-corrected chi connectivity index (χ4v) is 8.23. The van der Waals surface area contributed by atoms with Gasteiger partial charge in [0.1, 0.15) is 6.10 Å². The van der Waals surface area contributed by atoms with Crippen LogP contribution in [0.2, 0.25) is 0 Å². The van der Waals surface area contributed by atoms with Crippen LogP contribution in [0.5, 0.6) is 0 Å². The van der Waals surface area contributed by atoms with Crippen LogP contribution in [-0.4, -0.2) is 68.6 Å². The van der Waals surface area contributed by atoms with Gasteiger partial charge in [-0.3, -0.25) is 9.59 Å². The summed E-state index contributed by atoms with van der Waals surface area (Å²) in [4.78, 5) is 26.5. The van der Waals surface area contributed by atoms with Crippen molar-refractivity contribution < 1.29 is 28.9 Å². The number of aliphatic hydroxyl groups excluding tert-OH is 1. The fraction of sp³-hybridized carbons (Fsp3) is 0.931. The van der Waals surface area contributed by atoms with E-state index in [1.807, 2.05) is 6.92 Å². The number of ketones is 1. The summed E-state index contributed by atoms with van der Waals surface area (Å²) in [6.07, 6.45) is 10.7. The van der Waals surface area contributed by atoms with E-state index in [0.29, 0.717) is 42.4 Å². The van der Waals surface area contributed by atoms with Crippen molar-refractivity contribution in [2.24, 2.45) is 35.5 Å². The summed E-state index contributed by atoms with van der Waals surface area (Å²) in [5.41, 5.74) is 0. The molecule has 1 amide bonds. The molecule has 0 aromatic heterocycles. The lowest BCUT2D eigenvalue weighted by molar-refractivity contribution is -0.177. The monoisotopic (exact) mass is 507 g/mol. The van der Waals surface area contributed by atoms with Crippen molar-refractivity contribution in [3.8, 4) is 0 Å². The molecule has 9 unspecified atom stereocenters. The molecule has 0 aliphatic heterocycles. The molecule has 0 radical (unpaired) electrons. The lowest BCUT2D eigenvalue weighted by atomic mass is 9.64. The number of hydrogen-bond donors (Lipinski definition) is 2. The Morgan fingerprint density at radius 1 is 0.944 bits per heavy atom. The van der Waals surface area contributed by atoms with Crippen LogP contribution in [-0.2, 0) is 23.8 Å². The number of ether oxygens (including phenoxy) is 3. The number of carbonyl (C=O) groups is 2. The molecule has 2 N–H and O–H groups in total. The van der Waals surface area contributed by atoms with Gasteiger partial charge in [-0.25, -0.2) is 0 Å². The summed E-state index contributed by atoms with van der Waals surface area (Å²) in [5, 5.41) is 12.9. The highest BCUT2D eigenvalue weighted by Gasteiger charge is 2.52. The van der Waals surface area contributed by atoms with Gasteiger partial charge >= 0.3 is 0 Å². The fourth-order valence-electron chi connectivity index (χ4n) is 8.23. The van der Waals surface area contributed by atoms with E-state index in [1.54, 1.807) is 21.3 Å². The number of carbonyl (C=O) groups excluding carboxylic acids is 2. The summed E-state index contributed by atoms with van der Waals surface area (Å²) in [5.74, 6) is 2.19. The Kier molecular flexibility index (Phi) is 9.87. The predicted molar refractivity (Wildman–Crippen MR) is 137 cm³/mol. The molecule has 206 valence electrons. The van der Waals surface area contributed by atoms with Gasteiger partial charge in [0.25, 0.3) is 0 Å². The smallest absolute Gasteiger partial charge is 0.223 e. The standard InChI is InChI=1S/C29H49NO6/c1-17(14-18-8-10-21(31)11-9-18)29(33)30-23-13-12-22-19(15-24(23)32)6-5-7-20-16-25(34-2)27(35-3)28(36-4)26(20)22/h17-23,25-28,31H,5-16H2,1-4H3,(H,30,33). The maximum Gasteiger partial charge on any atom is 0.223 e. The Morgan fingerprint density at radius 2 is 1.64 bits per heavy atom. The van der Waals surface area contributed by atoms with Crippen molar-refractivity contribution in [1.82, 2.24) is 5.32 Å². The molecule has 0 aromatic carbocycles. The van der Waals surface area contributed by atoms with Gasteiger partial charge in [0.2, 0.25) is 5.91 Å². The first-order valence-electron chi connectivity index (χ1n) is 14.5. The maximum atomic E-state index is 13.4. The highest BCUT2D eigenvalue weighted by molar-refractivity contribution is 5.90. The minimum absolute atomic E-state index is 0.00857. The number of fused-ring (bicyclic) bond motifs is 3. The molecular weight excluding hydrogens is 458 g/mol. The molecule has 4 rings (SSSR count). The maximum absolute atomic E-state index is 13.4. The zero-order valence-electron chi connectivity index (χ0n) is 22.8. The molecule has 0 heterocycles. The first-order chi connectivity index (χ1) is 17.4. The normalized spacial score (nSPS) is 42.4. The zero-order valence-corrected chi connectivity index (χ0v) is 22.8. The van der Waals surface area contributed by atoms with E-state index in [0.717, 1.165) is 64.2 Å². The van der Waals surface area contributed by atoms with E-state index < -0.39 is 0 Å². The van der Waals surface area contributed by atoms with Crippen LogP contribution in [0.25, 0.3) is 0 Å². The Morgan fingerprint density at radius 3 is 2.31 bits per heavy atom. The van der Waals surface area contributed by atoms with Crippen LogP contribution >= 0.6 is 0 Å². The molecule has 4 aliphatic rings. The second-order valence-electron chi connectivity index (χ2n) is 12.2. The third-order valence-electron chi connectivity index (χ3n) is 10.2. The predicted octanol–water partition coefficient (Wildman–Crippen LogP) is 3.90. The van der Waals surface area contributed by atoms with Crippen LogP contribution in [0.15, 0.2) is 0 Å². The Bertz CT molecular complexity index is 737.